The van der Waals surface area contributed by atoms with Gasteiger partial charge in [-0.25, -0.2) is 9.79 Å². The van der Waals surface area contributed by atoms with Gasteiger partial charge < -0.3 is 14.0 Å². The van der Waals surface area contributed by atoms with Gasteiger partial charge in [0.05, 0.1) is 40.7 Å². The van der Waals surface area contributed by atoms with E-state index in [2.05, 4.69) is 56.5 Å². The molecule has 7 nitrogen and oxygen atoms in total. The zero-order chi connectivity index (χ0) is 29.4. The van der Waals surface area contributed by atoms with E-state index >= 15 is 0 Å². The smallest absolute Gasteiger partial charge is 0.338 e. The van der Waals surface area contributed by atoms with Crippen LogP contribution in [0.15, 0.2) is 69.6 Å². The zero-order valence-corrected chi connectivity index (χ0v) is 25.4. The lowest BCUT2D eigenvalue weighted by Gasteiger charge is -2.24. The van der Waals surface area contributed by atoms with E-state index in [1.165, 1.54) is 22.5 Å². The average Bonchev–Trinajstić information content (AvgIpc) is 3.38. The second-order valence-corrected chi connectivity index (χ2v) is 11.2. The summed E-state index contributed by atoms with van der Waals surface area (Å²) in [4.78, 5) is 32.5. The molecule has 4 aromatic rings. The van der Waals surface area contributed by atoms with Crippen molar-refractivity contribution in [2.45, 2.75) is 54.5 Å². The van der Waals surface area contributed by atoms with Gasteiger partial charge in [0.1, 0.15) is 5.75 Å². The molecular formula is C33H35N3O4S. The molecule has 5 rings (SSSR count). The molecule has 1 aliphatic rings. The normalized spacial score (nSPS) is 15.1. The van der Waals surface area contributed by atoms with Gasteiger partial charge in [0.2, 0.25) is 0 Å². The largest absolute Gasteiger partial charge is 0.494 e. The highest BCUT2D eigenvalue weighted by Crippen LogP contribution is 2.32. The van der Waals surface area contributed by atoms with Crippen LogP contribution in [-0.2, 0) is 9.53 Å². The first-order valence-electron chi connectivity index (χ1n) is 13.8. The average molecular weight is 570 g/mol. The van der Waals surface area contributed by atoms with E-state index in [1.807, 2.05) is 37.3 Å². The molecule has 0 fully saturated rings. The number of carbonyl (C=O) groups is 1. The van der Waals surface area contributed by atoms with Gasteiger partial charge in [-0.3, -0.25) is 9.36 Å². The van der Waals surface area contributed by atoms with Crippen molar-refractivity contribution in [3.05, 3.63) is 113 Å². The summed E-state index contributed by atoms with van der Waals surface area (Å²) in [7, 11) is 0. The van der Waals surface area contributed by atoms with Crippen LogP contribution in [0.4, 0.5) is 0 Å². The third-order valence-electron chi connectivity index (χ3n) is 7.44. The van der Waals surface area contributed by atoms with E-state index in [9.17, 15) is 9.59 Å². The number of allylic oxidation sites excluding steroid dienone is 1. The van der Waals surface area contributed by atoms with Gasteiger partial charge in [0, 0.05) is 11.4 Å². The minimum atomic E-state index is -0.662. The molecule has 8 heteroatoms. The number of hydrogen-bond donors (Lipinski definition) is 0. The Morgan fingerprint density at radius 3 is 2.32 bits per heavy atom. The number of fused-ring (bicyclic) bond motifs is 1. The van der Waals surface area contributed by atoms with Crippen LogP contribution in [-0.4, -0.2) is 28.3 Å². The quantitative estimate of drug-likeness (QED) is 0.286. The molecule has 0 N–H and O–H groups in total. The van der Waals surface area contributed by atoms with Gasteiger partial charge in [-0.15, -0.1) is 0 Å². The third kappa shape index (κ3) is 5.08. The van der Waals surface area contributed by atoms with Gasteiger partial charge in [-0.05, 0) is 95.0 Å². The number of nitrogens with zero attached hydrogens (tertiary/aromatic N) is 3. The molecule has 3 heterocycles. The zero-order valence-electron chi connectivity index (χ0n) is 24.6. The van der Waals surface area contributed by atoms with Crippen molar-refractivity contribution in [3.8, 4) is 11.4 Å². The molecule has 0 aliphatic carbocycles. The molecule has 2 aromatic heterocycles. The summed E-state index contributed by atoms with van der Waals surface area (Å²) in [6.07, 6.45) is 1.94. The number of esters is 1. The second kappa shape index (κ2) is 11.4. The van der Waals surface area contributed by atoms with Gasteiger partial charge in [0.15, 0.2) is 4.80 Å². The number of thiazole rings is 1. The number of ether oxygens (including phenoxy) is 2. The molecule has 0 saturated carbocycles. The fourth-order valence-electron chi connectivity index (χ4n) is 5.60. The molecule has 0 radical (unpaired) electrons. The summed E-state index contributed by atoms with van der Waals surface area (Å²) >= 11 is 1.33. The highest BCUT2D eigenvalue weighted by atomic mass is 32.1. The monoisotopic (exact) mass is 569 g/mol. The molecular weight excluding hydrogens is 534 g/mol. The Bertz CT molecular complexity index is 1840. The minimum Gasteiger partial charge on any atom is -0.494 e. The highest BCUT2D eigenvalue weighted by Gasteiger charge is 2.33. The molecule has 2 aromatic carbocycles. The maximum Gasteiger partial charge on any atom is 0.338 e. The number of hydrogen-bond acceptors (Lipinski definition) is 6. The number of aromatic nitrogens is 2. The van der Waals surface area contributed by atoms with Crippen molar-refractivity contribution in [2.24, 2.45) is 4.99 Å². The van der Waals surface area contributed by atoms with E-state index < -0.39 is 12.0 Å². The van der Waals surface area contributed by atoms with Crippen molar-refractivity contribution in [1.82, 2.24) is 9.13 Å². The SMILES string of the molecule is CCOC(=O)C1=C(C)N=c2s/c(=C/c3cc(C)n(-c4c(C)cccc4C)c3C)c(=O)n2[C@@H]1c1ccc(OCC)cc1. The number of para-hydroxylation sites is 1. The van der Waals surface area contributed by atoms with Crippen molar-refractivity contribution >= 4 is 23.4 Å². The van der Waals surface area contributed by atoms with Gasteiger partial charge in [-0.1, -0.05) is 41.7 Å². The van der Waals surface area contributed by atoms with Crippen molar-refractivity contribution in [1.29, 1.82) is 0 Å². The molecule has 212 valence electrons. The summed E-state index contributed by atoms with van der Waals surface area (Å²) in [5, 5.41) is 0. The molecule has 0 spiro atoms. The topological polar surface area (TPSA) is 74.8 Å². The Morgan fingerprint density at radius 2 is 1.68 bits per heavy atom. The van der Waals surface area contributed by atoms with Crippen molar-refractivity contribution in [2.75, 3.05) is 13.2 Å². The van der Waals surface area contributed by atoms with Gasteiger partial charge >= 0.3 is 5.97 Å². The number of carbonyl (C=O) groups excluding carboxylic acids is 1. The Kier molecular flexibility index (Phi) is 7.87. The third-order valence-corrected chi connectivity index (χ3v) is 8.43. The van der Waals surface area contributed by atoms with E-state index in [0.717, 1.165) is 34.0 Å². The first-order chi connectivity index (χ1) is 19.7. The van der Waals surface area contributed by atoms with Crippen LogP contribution in [0, 0.1) is 27.7 Å². The number of benzene rings is 2. The Balaban J connectivity index is 1.69. The first-order valence-corrected chi connectivity index (χ1v) is 14.7. The molecule has 0 unspecified atom stereocenters. The fourth-order valence-corrected chi connectivity index (χ4v) is 6.63. The lowest BCUT2D eigenvalue weighted by atomic mass is 9.96. The molecule has 1 atom stereocenters. The lowest BCUT2D eigenvalue weighted by Crippen LogP contribution is -2.39. The number of rotatable bonds is 7. The maximum absolute atomic E-state index is 14.1. The Hall–Kier alpha value is -4.17. The van der Waals surface area contributed by atoms with Crippen LogP contribution < -0.4 is 19.6 Å². The summed E-state index contributed by atoms with van der Waals surface area (Å²) in [6, 6.07) is 15.2. The van der Waals surface area contributed by atoms with Crippen LogP contribution in [0.3, 0.4) is 0 Å². The summed E-state index contributed by atoms with van der Waals surface area (Å²) < 4.78 is 15.5. The van der Waals surface area contributed by atoms with Crippen LogP contribution in [0.1, 0.15) is 60.5 Å². The lowest BCUT2D eigenvalue weighted by molar-refractivity contribution is -0.139. The van der Waals surface area contributed by atoms with Crippen LogP contribution in [0.25, 0.3) is 11.8 Å². The van der Waals surface area contributed by atoms with Gasteiger partial charge in [-0.2, -0.15) is 0 Å². The summed E-state index contributed by atoms with van der Waals surface area (Å²) in [5.74, 6) is 0.250. The second-order valence-electron chi connectivity index (χ2n) is 10.2. The minimum absolute atomic E-state index is 0.196. The fraction of sp³-hybridized carbons (Fsp3) is 0.303. The van der Waals surface area contributed by atoms with Crippen molar-refractivity contribution < 1.29 is 14.3 Å². The van der Waals surface area contributed by atoms with E-state index in [1.54, 1.807) is 18.4 Å². The van der Waals surface area contributed by atoms with Crippen LogP contribution in [0.5, 0.6) is 5.75 Å². The first kappa shape index (κ1) is 28.4. The molecule has 0 bridgehead atoms. The van der Waals surface area contributed by atoms with E-state index in [0.29, 0.717) is 27.2 Å². The Morgan fingerprint density at radius 1 is 1.00 bits per heavy atom. The predicted octanol–water partition coefficient (Wildman–Crippen LogP) is 5.22. The summed E-state index contributed by atoms with van der Waals surface area (Å²) in [5.41, 5.74) is 8.15. The molecule has 1 aliphatic heterocycles. The highest BCUT2D eigenvalue weighted by molar-refractivity contribution is 7.07. The summed E-state index contributed by atoms with van der Waals surface area (Å²) in [6.45, 7) is 14.7. The standard InChI is InChI=1S/C33H35N3O4S/c1-8-39-26-15-13-24(14-16-26)30-28(32(38)40-9-2)22(6)34-33-36(30)31(37)27(41-33)18-25-17-21(5)35(23(25)7)29-19(3)11-10-12-20(29)4/h10-18,30H,8-9H2,1-7H3/b27-18+/t30-/m1/s1. The van der Waals surface area contributed by atoms with Crippen molar-refractivity contribution in [3.63, 3.8) is 0 Å². The molecule has 41 heavy (non-hydrogen) atoms. The van der Waals surface area contributed by atoms with Crippen LogP contribution >= 0.6 is 11.3 Å². The van der Waals surface area contributed by atoms with E-state index in [4.69, 9.17) is 14.5 Å². The molecule has 0 amide bonds. The van der Waals surface area contributed by atoms with Gasteiger partial charge in [0.25, 0.3) is 5.56 Å². The Labute approximate surface area is 243 Å². The predicted molar refractivity (Wildman–Crippen MR) is 163 cm³/mol. The van der Waals surface area contributed by atoms with E-state index in [-0.39, 0.29) is 12.2 Å². The van der Waals surface area contributed by atoms with Crippen LogP contribution in [0.2, 0.25) is 0 Å². The maximum atomic E-state index is 14.1. The number of aryl methyl sites for hydroxylation is 3. The molecule has 0 saturated heterocycles.